The Hall–Kier alpha value is -3.14. The molecule has 0 amide bonds. The second-order valence-electron chi connectivity index (χ2n) is 6.22. The van der Waals surface area contributed by atoms with Crippen molar-refractivity contribution in [2.24, 2.45) is 0 Å². The number of pyridine rings is 1. The quantitative estimate of drug-likeness (QED) is 0.769. The van der Waals surface area contributed by atoms with Crippen LogP contribution in [0.1, 0.15) is 17.0 Å². The van der Waals surface area contributed by atoms with Gasteiger partial charge in [0, 0.05) is 30.3 Å². The van der Waals surface area contributed by atoms with Gasteiger partial charge >= 0.3 is 0 Å². The summed E-state index contributed by atoms with van der Waals surface area (Å²) >= 11 is 0. The number of aryl methyl sites for hydroxylation is 2. The molecule has 0 saturated heterocycles. The van der Waals surface area contributed by atoms with Gasteiger partial charge in [-0.1, -0.05) is 24.3 Å². The Morgan fingerprint density at radius 1 is 1.08 bits per heavy atom. The lowest BCUT2D eigenvalue weighted by Crippen LogP contribution is -2.20. The van der Waals surface area contributed by atoms with Crippen molar-refractivity contribution in [1.29, 1.82) is 0 Å². The van der Waals surface area contributed by atoms with Gasteiger partial charge in [-0.3, -0.25) is 4.98 Å². The monoisotopic (exact) mass is 328 g/mol. The molecule has 0 aliphatic carbocycles. The van der Waals surface area contributed by atoms with Crippen molar-refractivity contribution in [3.8, 4) is 11.5 Å². The number of anilines is 1. The molecule has 0 saturated carbocycles. The molecule has 0 radical (unpaired) electrons. The molecule has 0 spiro atoms. The van der Waals surface area contributed by atoms with Crippen LogP contribution in [0.2, 0.25) is 0 Å². The molecule has 2 aromatic heterocycles. The van der Waals surface area contributed by atoms with E-state index in [4.69, 9.17) is 0 Å². The van der Waals surface area contributed by atoms with Crippen molar-refractivity contribution in [3.63, 3.8) is 0 Å². The Morgan fingerprint density at radius 2 is 1.92 bits per heavy atom. The normalized spacial score (nSPS) is 13.8. The molecule has 1 aliphatic heterocycles. The average molecular weight is 328 g/mol. The summed E-state index contributed by atoms with van der Waals surface area (Å²) in [5.41, 5.74) is 6.58. The molecule has 4 nitrogen and oxygen atoms in total. The third-order valence-corrected chi connectivity index (χ3v) is 4.49. The predicted molar refractivity (Wildman–Crippen MR) is 102 cm³/mol. The van der Waals surface area contributed by atoms with Crippen molar-refractivity contribution < 1.29 is 0 Å². The largest absolute Gasteiger partial charge is 0.344 e. The van der Waals surface area contributed by atoms with Crippen molar-refractivity contribution >= 4 is 11.3 Å². The molecule has 3 aromatic rings. The first-order valence-electron chi connectivity index (χ1n) is 8.40. The maximum Gasteiger partial charge on any atom is 0.156 e. The summed E-state index contributed by atoms with van der Waals surface area (Å²) in [5, 5.41) is 0. The maximum atomic E-state index is 4.57. The highest BCUT2D eigenvalue weighted by atomic mass is 15.1. The zero-order valence-electron chi connectivity index (χ0n) is 14.4. The van der Waals surface area contributed by atoms with Gasteiger partial charge in [0.05, 0.1) is 5.69 Å². The minimum Gasteiger partial charge on any atom is -0.344 e. The van der Waals surface area contributed by atoms with E-state index in [2.05, 4.69) is 74.6 Å². The number of aromatic nitrogens is 3. The van der Waals surface area contributed by atoms with E-state index in [9.17, 15) is 0 Å². The topological polar surface area (TPSA) is 44.8 Å². The van der Waals surface area contributed by atoms with E-state index in [1.165, 1.54) is 16.8 Å². The number of hydrogen-bond acceptors (Lipinski definition) is 3. The lowest BCUT2D eigenvalue weighted by Gasteiger charge is -2.25. The minimum absolute atomic E-state index is 0.823. The van der Waals surface area contributed by atoms with Gasteiger partial charge in [-0.25, -0.2) is 4.98 Å². The number of nitrogens with zero attached hydrogens (tertiary/aromatic N) is 3. The fourth-order valence-electron chi connectivity index (χ4n) is 2.96. The summed E-state index contributed by atoms with van der Waals surface area (Å²) in [7, 11) is 0. The Balaban J connectivity index is 1.63. The van der Waals surface area contributed by atoms with Gasteiger partial charge in [0.1, 0.15) is 5.69 Å². The van der Waals surface area contributed by atoms with E-state index in [0.29, 0.717) is 0 Å². The van der Waals surface area contributed by atoms with Crippen molar-refractivity contribution in [3.05, 3.63) is 84.0 Å². The van der Waals surface area contributed by atoms with E-state index in [1.807, 2.05) is 26.1 Å². The molecule has 3 heterocycles. The second-order valence-corrected chi connectivity index (χ2v) is 6.22. The lowest BCUT2D eigenvalue weighted by molar-refractivity contribution is 1.08. The number of H-pyrrole nitrogens is 1. The number of allylic oxidation sites excluding steroid dienone is 2. The fourth-order valence-corrected chi connectivity index (χ4v) is 2.96. The van der Waals surface area contributed by atoms with Gasteiger partial charge < -0.3 is 9.88 Å². The fraction of sp³-hybridized carbons (Fsp3) is 0.143. The van der Waals surface area contributed by atoms with Crippen LogP contribution in [0.25, 0.3) is 17.1 Å². The van der Waals surface area contributed by atoms with E-state index in [-0.39, 0.29) is 0 Å². The molecule has 1 aliphatic rings. The van der Waals surface area contributed by atoms with Crippen molar-refractivity contribution in [1.82, 2.24) is 15.0 Å². The molecule has 1 aromatic carbocycles. The van der Waals surface area contributed by atoms with Gasteiger partial charge in [-0.05, 0) is 55.3 Å². The number of imidazole rings is 1. The third kappa shape index (κ3) is 3.11. The number of aromatic amines is 1. The molecule has 0 atom stereocenters. The number of para-hydroxylation sites is 1. The Labute approximate surface area is 147 Å². The summed E-state index contributed by atoms with van der Waals surface area (Å²) in [6.07, 6.45) is 8.22. The zero-order chi connectivity index (χ0) is 17.2. The van der Waals surface area contributed by atoms with Gasteiger partial charge in [0.2, 0.25) is 0 Å². The van der Waals surface area contributed by atoms with Crippen LogP contribution >= 0.6 is 0 Å². The van der Waals surface area contributed by atoms with E-state index >= 15 is 0 Å². The SMILES string of the molecule is Cc1nc(-c2cc(C3=CC=CN(c4ccccc4)C3)ccn2)[nH]c1C. The Morgan fingerprint density at radius 3 is 2.68 bits per heavy atom. The molecule has 0 fully saturated rings. The Bertz CT molecular complexity index is 932. The van der Waals surface area contributed by atoms with Gasteiger partial charge in [0.25, 0.3) is 0 Å². The van der Waals surface area contributed by atoms with Crippen LogP contribution in [0, 0.1) is 13.8 Å². The van der Waals surface area contributed by atoms with E-state index < -0.39 is 0 Å². The van der Waals surface area contributed by atoms with Crippen LogP contribution in [0.5, 0.6) is 0 Å². The highest BCUT2D eigenvalue weighted by molar-refractivity contribution is 5.75. The number of hydrogen-bond donors (Lipinski definition) is 1. The Kier molecular flexibility index (Phi) is 3.94. The van der Waals surface area contributed by atoms with Crippen LogP contribution in [-0.4, -0.2) is 21.5 Å². The smallest absolute Gasteiger partial charge is 0.156 e. The molecule has 1 N–H and O–H groups in total. The first-order chi connectivity index (χ1) is 12.2. The van der Waals surface area contributed by atoms with Crippen LogP contribution in [0.4, 0.5) is 5.69 Å². The van der Waals surface area contributed by atoms with Gasteiger partial charge in [-0.15, -0.1) is 0 Å². The summed E-state index contributed by atoms with van der Waals surface area (Å²) in [5.74, 6) is 0.823. The molecule has 4 heteroatoms. The molecule has 0 unspecified atom stereocenters. The van der Waals surface area contributed by atoms with Crippen molar-refractivity contribution in [2.75, 3.05) is 11.4 Å². The summed E-state index contributed by atoms with van der Waals surface area (Å²) < 4.78 is 0. The molecule has 124 valence electrons. The summed E-state index contributed by atoms with van der Waals surface area (Å²) in [6.45, 7) is 4.87. The predicted octanol–water partition coefficient (Wildman–Crippen LogP) is 4.51. The second kappa shape index (κ2) is 6.40. The number of rotatable bonds is 3. The van der Waals surface area contributed by atoms with E-state index in [0.717, 1.165) is 29.5 Å². The number of nitrogens with one attached hydrogen (secondary N) is 1. The maximum absolute atomic E-state index is 4.57. The molecular weight excluding hydrogens is 308 g/mol. The first-order valence-corrected chi connectivity index (χ1v) is 8.40. The number of benzene rings is 1. The molecule has 4 rings (SSSR count). The van der Waals surface area contributed by atoms with Crippen LogP contribution in [0.15, 0.2) is 67.0 Å². The zero-order valence-corrected chi connectivity index (χ0v) is 14.4. The summed E-state index contributed by atoms with van der Waals surface area (Å²) in [4.78, 5) is 14.6. The van der Waals surface area contributed by atoms with Crippen LogP contribution < -0.4 is 4.90 Å². The van der Waals surface area contributed by atoms with Crippen LogP contribution in [0.3, 0.4) is 0 Å². The highest BCUT2D eigenvalue weighted by Crippen LogP contribution is 2.26. The van der Waals surface area contributed by atoms with Crippen molar-refractivity contribution in [2.45, 2.75) is 13.8 Å². The standard InChI is InChI=1S/C21H20N4/c1-15-16(2)24-21(23-15)20-13-17(10-11-22-20)18-7-6-12-25(14-18)19-8-4-3-5-9-19/h3-13H,14H2,1-2H3,(H,23,24). The lowest BCUT2D eigenvalue weighted by atomic mass is 10.0. The van der Waals surface area contributed by atoms with Gasteiger partial charge in [0.15, 0.2) is 5.82 Å². The van der Waals surface area contributed by atoms with Gasteiger partial charge in [-0.2, -0.15) is 0 Å². The highest BCUT2D eigenvalue weighted by Gasteiger charge is 2.13. The first kappa shape index (κ1) is 15.4. The van der Waals surface area contributed by atoms with Crippen LogP contribution in [-0.2, 0) is 0 Å². The van der Waals surface area contributed by atoms with E-state index in [1.54, 1.807) is 0 Å². The molecular formula is C21H20N4. The average Bonchev–Trinajstić information content (AvgIpc) is 3.01. The summed E-state index contributed by atoms with van der Waals surface area (Å²) in [6, 6.07) is 14.6. The molecule has 25 heavy (non-hydrogen) atoms. The third-order valence-electron chi connectivity index (χ3n) is 4.49. The molecule has 0 bridgehead atoms. The minimum atomic E-state index is 0.823.